The number of nitrogens with one attached hydrogen (secondary N) is 1. The van der Waals surface area contributed by atoms with Crippen molar-refractivity contribution >= 4 is 21.7 Å². The average molecular weight is 296 g/mol. The molecule has 2 N–H and O–H groups in total. The monoisotopic (exact) mass is 296 g/mol. The van der Waals surface area contributed by atoms with E-state index in [0.29, 0.717) is 0 Å². The maximum Gasteiger partial charge on any atom is 0.338 e. The van der Waals surface area contributed by atoms with Crippen molar-refractivity contribution in [3.63, 3.8) is 0 Å². The lowest BCUT2D eigenvalue weighted by Gasteiger charge is -2.08. The first-order chi connectivity index (χ1) is 9.40. The quantitative estimate of drug-likeness (QED) is 0.895. The maximum atomic E-state index is 13.2. The van der Waals surface area contributed by atoms with E-state index >= 15 is 0 Å². The Morgan fingerprint density at radius 3 is 2.65 bits per heavy atom. The summed E-state index contributed by atoms with van der Waals surface area (Å²) >= 11 is 0. The first kappa shape index (κ1) is 13.9. The summed E-state index contributed by atoms with van der Waals surface area (Å²) in [5.74, 6) is -2.42. The molecular formula is C12H9FN2O4S. The van der Waals surface area contributed by atoms with Gasteiger partial charge in [0.15, 0.2) is 0 Å². The minimum Gasteiger partial charge on any atom is -0.478 e. The second kappa shape index (κ2) is 5.25. The summed E-state index contributed by atoms with van der Waals surface area (Å²) in [5.41, 5.74) is -0.663. The molecule has 1 aromatic heterocycles. The molecule has 0 bridgehead atoms. The van der Waals surface area contributed by atoms with Crippen LogP contribution in [0.3, 0.4) is 0 Å². The average Bonchev–Trinajstić information content (AvgIpc) is 2.41. The number of rotatable bonds is 4. The number of carboxylic acids is 1. The molecule has 8 heteroatoms. The molecule has 2 rings (SSSR count). The van der Waals surface area contributed by atoms with Crippen LogP contribution >= 0.6 is 0 Å². The zero-order valence-electron chi connectivity index (χ0n) is 9.95. The first-order valence-electron chi connectivity index (χ1n) is 5.36. The lowest BCUT2D eigenvalue weighted by Crippen LogP contribution is -2.14. The predicted molar refractivity (Wildman–Crippen MR) is 68.4 cm³/mol. The Labute approximate surface area is 114 Å². The van der Waals surface area contributed by atoms with Gasteiger partial charge in [0, 0.05) is 18.1 Å². The molecule has 0 fully saturated rings. The molecule has 0 aliphatic heterocycles. The van der Waals surface area contributed by atoms with Gasteiger partial charge in [-0.3, -0.25) is 9.71 Å². The highest BCUT2D eigenvalue weighted by atomic mass is 32.2. The van der Waals surface area contributed by atoms with E-state index in [9.17, 15) is 17.6 Å². The summed E-state index contributed by atoms with van der Waals surface area (Å²) in [5, 5.41) is 8.78. The third-order valence-electron chi connectivity index (χ3n) is 2.39. The molecule has 1 heterocycles. The van der Waals surface area contributed by atoms with Crippen molar-refractivity contribution in [2.75, 3.05) is 4.72 Å². The molecule has 104 valence electrons. The Balaban J connectivity index is 2.36. The number of nitrogens with zero attached hydrogens (tertiary/aromatic N) is 1. The van der Waals surface area contributed by atoms with Crippen molar-refractivity contribution in [2.24, 2.45) is 0 Å². The Bertz CT molecular complexity index is 747. The number of halogens is 1. The zero-order chi connectivity index (χ0) is 14.8. The predicted octanol–water partition coefficient (Wildman–Crippen LogP) is 1.72. The molecule has 6 nitrogen and oxygen atoms in total. The molecule has 2 aromatic rings. The molecular weight excluding hydrogens is 287 g/mol. The zero-order valence-corrected chi connectivity index (χ0v) is 10.8. The standard InChI is InChI=1S/C12H9FN2O4S/c13-11-4-3-8(6-10(11)12(16)17)15-20(18,19)9-2-1-5-14-7-9/h1-7,15H,(H,16,17). The Morgan fingerprint density at radius 2 is 2.05 bits per heavy atom. The van der Waals surface area contributed by atoms with E-state index in [2.05, 4.69) is 9.71 Å². The second-order valence-electron chi connectivity index (χ2n) is 3.79. The molecule has 0 radical (unpaired) electrons. The van der Waals surface area contributed by atoms with Crippen molar-refractivity contribution in [3.8, 4) is 0 Å². The number of benzene rings is 1. The van der Waals surface area contributed by atoms with Crippen LogP contribution in [-0.4, -0.2) is 24.5 Å². The van der Waals surface area contributed by atoms with Crippen LogP contribution in [0.15, 0.2) is 47.6 Å². The molecule has 1 aromatic carbocycles. The molecule has 20 heavy (non-hydrogen) atoms. The van der Waals surface area contributed by atoms with E-state index in [1.807, 2.05) is 0 Å². The third-order valence-corrected chi connectivity index (χ3v) is 3.76. The van der Waals surface area contributed by atoms with Gasteiger partial charge in [-0.2, -0.15) is 0 Å². The summed E-state index contributed by atoms with van der Waals surface area (Å²) in [6, 6.07) is 5.70. The van der Waals surface area contributed by atoms with E-state index in [0.717, 1.165) is 24.4 Å². The minimum absolute atomic E-state index is 0.0485. The fourth-order valence-corrected chi connectivity index (χ4v) is 2.49. The van der Waals surface area contributed by atoms with Crippen molar-refractivity contribution in [1.29, 1.82) is 0 Å². The molecule has 0 amide bonds. The topological polar surface area (TPSA) is 96.4 Å². The number of aromatic carboxylic acids is 1. The van der Waals surface area contributed by atoms with Gasteiger partial charge in [0.25, 0.3) is 10.0 Å². The van der Waals surface area contributed by atoms with E-state index < -0.39 is 27.4 Å². The van der Waals surface area contributed by atoms with Crippen LogP contribution < -0.4 is 4.72 Å². The van der Waals surface area contributed by atoms with Crippen LogP contribution in [-0.2, 0) is 10.0 Å². The van der Waals surface area contributed by atoms with E-state index in [1.165, 1.54) is 18.3 Å². The maximum absolute atomic E-state index is 13.2. The van der Waals surface area contributed by atoms with Crippen LogP contribution in [0.25, 0.3) is 0 Å². The summed E-state index contributed by atoms with van der Waals surface area (Å²) in [6.45, 7) is 0. The van der Waals surface area contributed by atoms with Gasteiger partial charge in [0.1, 0.15) is 10.7 Å². The molecule has 0 unspecified atom stereocenters. The second-order valence-corrected chi connectivity index (χ2v) is 5.48. The molecule has 0 aliphatic rings. The Hall–Kier alpha value is -2.48. The molecule has 0 saturated carbocycles. The number of pyridine rings is 1. The van der Waals surface area contributed by atoms with E-state index in [1.54, 1.807) is 0 Å². The van der Waals surface area contributed by atoms with Crippen LogP contribution in [0.4, 0.5) is 10.1 Å². The van der Waals surface area contributed by atoms with Crippen molar-refractivity contribution in [2.45, 2.75) is 4.90 Å². The number of carboxylic acid groups (broad SMARTS) is 1. The largest absolute Gasteiger partial charge is 0.478 e. The number of anilines is 1. The van der Waals surface area contributed by atoms with Gasteiger partial charge in [-0.05, 0) is 30.3 Å². The van der Waals surface area contributed by atoms with Crippen LogP contribution in [0.1, 0.15) is 10.4 Å². The van der Waals surface area contributed by atoms with E-state index in [4.69, 9.17) is 5.11 Å². The highest BCUT2D eigenvalue weighted by molar-refractivity contribution is 7.92. The smallest absolute Gasteiger partial charge is 0.338 e. The van der Waals surface area contributed by atoms with Crippen molar-refractivity contribution in [3.05, 3.63) is 54.1 Å². The summed E-state index contributed by atoms with van der Waals surface area (Å²) < 4.78 is 39.3. The lowest BCUT2D eigenvalue weighted by molar-refractivity contribution is 0.0692. The Kier molecular flexibility index (Phi) is 3.66. The fraction of sp³-hybridized carbons (Fsp3) is 0. The van der Waals surface area contributed by atoms with Gasteiger partial charge in [-0.15, -0.1) is 0 Å². The molecule has 0 saturated heterocycles. The highest BCUT2D eigenvalue weighted by Crippen LogP contribution is 2.18. The lowest BCUT2D eigenvalue weighted by atomic mass is 10.2. The first-order valence-corrected chi connectivity index (χ1v) is 6.84. The van der Waals surface area contributed by atoms with Crippen LogP contribution in [0.2, 0.25) is 0 Å². The van der Waals surface area contributed by atoms with Gasteiger partial charge < -0.3 is 5.11 Å². The van der Waals surface area contributed by atoms with Crippen molar-refractivity contribution < 1.29 is 22.7 Å². The van der Waals surface area contributed by atoms with Gasteiger partial charge in [-0.1, -0.05) is 0 Å². The van der Waals surface area contributed by atoms with Gasteiger partial charge in [0.2, 0.25) is 0 Å². The van der Waals surface area contributed by atoms with Gasteiger partial charge >= 0.3 is 5.97 Å². The number of aromatic nitrogens is 1. The summed E-state index contributed by atoms with van der Waals surface area (Å²) in [7, 11) is -3.90. The number of hydrogen-bond acceptors (Lipinski definition) is 4. The Morgan fingerprint density at radius 1 is 1.30 bits per heavy atom. The van der Waals surface area contributed by atoms with Gasteiger partial charge in [-0.25, -0.2) is 17.6 Å². The fourth-order valence-electron chi connectivity index (χ4n) is 1.47. The van der Waals surface area contributed by atoms with Gasteiger partial charge in [0.05, 0.1) is 5.56 Å². The van der Waals surface area contributed by atoms with Crippen LogP contribution in [0.5, 0.6) is 0 Å². The highest BCUT2D eigenvalue weighted by Gasteiger charge is 2.16. The summed E-state index contributed by atoms with van der Waals surface area (Å²) in [6.07, 6.45) is 2.56. The molecule has 0 spiro atoms. The van der Waals surface area contributed by atoms with Crippen LogP contribution in [0, 0.1) is 5.82 Å². The normalized spacial score (nSPS) is 11.1. The van der Waals surface area contributed by atoms with E-state index in [-0.39, 0.29) is 10.6 Å². The number of hydrogen-bond donors (Lipinski definition) is 2. The summed E-state index contributed by atoms with van der Waals surface area (Å²) in [4.78, 5) is 14.4. The minimum atomic E-state index is -3.90. The third kappa shape index (κ3) is 2.91. The number of carbonyl (C=O) groups is 1. The molecule has 0 aliphatic carbocycles. The SMILES string of the molecule is O=C(O)c1cc(NS(=O)(=O)c2cccnc2)ccc1F. The molecule has 0 atom stereocenters. The number of sulfonamides is 1. The van der Waals surface area contributed by atoms with Crippen molar-refractivity contribution in [1.82, 2.24) is 4.98 Å².